The Morgan fingerprint density at radius 2 is 2.09 bits per heavy atom. The van der Waals surface area contributed by atoms with Gasteiger partial charge in [0, 0.05) is 4.47 Å². The van der Waals surface area contributed by atoms with E-state index >= 15 is 0 Å². The van der Waals surface area contributed by atoms with Crippen LogP contribution in [-0.4, -0.2) is 22.2 Å². The molecule has 0 saturated heterocycles. The first-order chi connectivity index (χ1) is 11.0. The Bertz CT molecular complexity index is 918. The van der Waals surface area contributed by atoms with E-state index in [1.165, 1.54) is 11.3 Å². The van der Waals surface area contributed by atoms with Crippen molar-refractivity contribution in [3.63, 3.8) is 0 Å². The average molecular weight is 394 g/mol. The zero-order valence-corrected chi connectivity index (χ0v) is 14.5. The van der Waals surface area contributed by atoms with Crippen molar-refractivity contribution in [2.45, 2.75) is 6.92 Å². The molecule has 6 nitrogen and oxygen atoms in total. The first kappa shape index (κ1) is 15.7. The molecule has 0 radical (unpaired) electrons. The van der Waals surface area contributed by atoms with Crippen molar-refractivity contribution in [1.82, 2.24) is 9.66 Å². The van der Waals surface area contributed by atoms with Gasteiger partial charge in [0.1, 0.15) is 16.4 Å². The van der Waals surface area contributed by atoms with Crippen molar-refractivity contribution < 1.29 is 9.53 Å². The van der Waals surface area contributed by atoms with E-state index in [1.54, 1.807) is 30.5 Å². The summed E-state index contributed by atoms with van der Waals surface area (Å²) in [6.07, 6.45) is 0. The van der Waals surface area contributed by atoms with E-state index in [-0.39, 0.29) is 12.2 Å². The number of aryl methyl sites for hydroxylation is 1. The van der Waals surface area contributed by atoms with Gasteiger partial charge in [0.15, 0.2) is 6.61 Å². The van der Waals surface area contributed by atoms with E-state index < -0.39 is 5.91 Å². The minimum atomic E-state index is -0.436. The number of nitrogens with one attached hydrogen (secondary N) is 1. The maximum atomic E-state index is 12.3. The number of hydrogen-bond acceptors (Lipinski definition) is 5. The molecule has 0 saturated carbocycles. The highest BCUT2D eigenvalue weighted by molar-refractivity contribution is 9.10. The SMILES string of the molecule is Cc1nc2sccc2c(=O)n1NC(=O)COc1ccc(Br)cc1. The first-order valence-electron chi connectivity index (χ1n) is 6.69. The molecule has 0 spiro atoms. The molecule has 0 atom stereocenters. The van der Waals surface area contributed by atoms with E-state index in [9.17, 15) is 9.59 Å². The predicted octanol–water partition coefficient (Wildman–Crippen LogP) is 2.68. The van der Waals surface area contributed by atoms with Gasteiger partial charge >= 0.3 is 0 Å². The van der Waals surface area contributed by atoms with Crippen LogP contribution in [0.1, 0.15) is 5.82 Å². The number of hydrogen-bond donors (Lipinski definition) is 1. The number of aromatic nitrogens is 2. The Morgan fingerprint density at radius 1 is 1.35 bits per heavy atom. The van der Waals surface area contributed by atoms with Crippen molar-refractivity contribution in [3.8, 4) is 5.75 Å². The molecule has 0 aliphatic carbocycles. The standard InChI is InChI=1S/C15H12BrN3O3S/c1-9-17-14-12(6-7-23-14)15(21)19(9)18-13(20)8-22-11-4-2-10(16)3-5-11/h2-7H,8H2,1H3,(H,18,20). The fourth-order valence-corrected chi connectivity index (χ4v) is 3.05. The molecule has 1 amide bonds. The van der Waals surface area contributed by atoms with Gasteiger partial charge in [-0.2, -0.15) is 0 Å². The van der Waals surface area contributed by atoms with Crippen LogP contribution < -0.4 is 15.7 Å². The molecule has 0 aliphatic heterocycles. The van der Waals surface area contributed by atoms with Gasteiger partial charge in [0.25, 0.3) is 11.5 Å². The highest BCUT2D eigenvalue weighted by Gasteiger charge is 2.12. The number of ether oxygens (including phenoxy) is 1. The summed E-state index contributed by atoms with van der Waals surface area (Å²) in [5.74, 6) is 0.551. The number of fused-ring (bicyclic) bond motifs is 1. The molecule has 1 N–H and O–H groups in total. The van der Waals surface area contributed by atoms with E-state index in [4.69, 9.17) is 4.74 Å². The van der Waals surface area contributed by atoms with Crippen LogP contribution in [0.2, 0.25) is 0 Å². The molecular weight excluding hydrogens is 382 g/mol. The monoisotopic (exact) mass is 393 g/mol. The highest BCUT2D eigenvalue weighted by atomic mass is 79.9. The fourth-order valence-electron chi connectivity index (χ4n) is 1.98. The van der Waals surface area contributed by atoms with Crippen molar-refractivity contribution in [2.75, 3.05) is 12.0 Å². The van der Waals surface area contributed by atoms with Crippen molar-refractivity contribution >= 4 is 43.4 Å². The average Bonchev–Trinajstić information content (AvgIpc) is 2.99. The molecule has 23 heavy (non-hydrogen) atoms. The third kappa shape index (κ3) is 3.43. The summed E-state index contributed by atoms with van der Waals surface area (Å²) in [4.78, 5) is 29.3. The van der Waals surface area contributed by atoms with Crippen LogP contribution in [0.3, 0.4) is 0 Å². The van der Waals surface area contributed by atoms with Crippen LogP contribution >= 0.6 is 27.3 Å². The first-order valence-corrected chi connectivity index (χ1v) is 8.37. The van der Waals surface area contributed by atoms with Gasteiger partial charge in [-0.15, -0.1) is 11.3 Å². The van der Waals surface area contributed by atoms with E-state index in [0.717, 1.165) is 9.15 Å². The molecule has 1 aromatic carbocycles. The van der Waals surface area contributed by atoms with Gasteiger partial charge in [-0.3, -0.25) is 15.0 Å². The lowest BCUT2D eigenvalue weighted by Crippen LogP contribution is -2.37. The maximum Gasteiger partial charge on any atom is 0.281 e. The van der Waals surface area contributed by atoms with Gasteiger partial charge in [-0.1, -0.05) is 15.9 Å². The lowest BCUT2D eigenvalue weighted by atomic mass is 10.3. The van der Waals surface area contributed by atoms with Crippen molar-refractivity contribution in [1.29, 1.82) is 0 Å². The lowest BCUT2D eigenvalue weighted by molar-refractivity contribution is -0.119. The second kappa shape index (κ2) is 6.51. The molecule has 0 unspecified atom stereocenters. The summed E-state index contributed by atoms with van der Waals surface area (Å²) in [6.45, 7) is 1.46. The predicted molar refractivity (Wildman–Crippen MR) is 92.6 cm³/mol. The van der Waals surface area contributed by atoms with Gasteiger partial charge < -0.3 is 4.74 Å². The Morgan fingerprint density at radius 3 is 2.83 bits per heavy atom. The van der Waals surface area contributed by atoms with Gasteiger partial charge in [-0.25, -0.2) is 9.66 Å². The topological polar surface area (TPSA) is 73.2 Å². The Labute approximate surface area is 143 Å². The Hall–Kier alpha value is -2.19. The van der Waals surface area contributed by atoms with Crippen LogP contribution in [0.15, 0.2) is 45.0 Å². The van der Waals surface area contributed by atoms with Crippen molar-refractivity contribution in [3.05, 3.63) is 56.4 Å². The summed E-state index contributed by atoms with van der Waals surface area (Å²) in [5, 5.41) is 2.27. The number of carbonyl (C=O) groups is 1. The lowest BCUT2D eigenvalue weighted by Gasteiger charge is -2.11. The number of rotatable bonds is 4. The number of carbonyl (C=O) groups excluding carboxylic acids is 1. The quantitative estimate of drug-likeness (QED) is 0.739. The second-order valence-corrected chi connectivity index (χ2v) is 6.53. The van der Waals surface area contributed by atoms with Crippen LogP contribution in [0.5, 0.6) is 5.75 Å². The summed E-state index contributed by atoms with van der Waals surface area (Å²) in [5.41, 5.74) is 2.21. The summed E-state index contributed by atoms with van der Waals surface area (Å²) < 4.78 is 7.44. The van der Waals surface area contributed by atoms with Crippen LogP contribution in [0.25, 0.3) is 10.2 Å². The third-order valence-electron chi connectivity index (χ3n) is 3.09. The smallest absolute Gasteiger partial charge is 0.281 e. The number of amides is 1. The Balaban J connectivity index is 1.72. The molecule has 2 aromatic heterocycles. The largest absolute Gasteiger partial charge is 0.484 e. The maximum absolute atomic E-state index is 12.3. The van der Waals surface area contributed by atoms with Crippen LogP contribution in [-0.2, 0) is 4.79 Å². The fraction of sp³-hybridized carbons (Fsp3) is 0.133. The number of halogens is 1. The van der Waals surface area contributed by atoms with Gasteiger partial charge in [0.05, 0.1) is 5.39 Å². The summed E-state index contributed by atoms with van der Waals surface area (Å²) in [7, 11) is 0. The zero-order valence-electron chi connectivity index (χ0n) is 12.1. The molecule has 0 fully saturated rings. The van der Waals surface area contributed by atoms with Crippen molar-refractivity contribution in [2.24, 2.45) is 0 Å². The molecule has 0 bridgehead atoms. The minimum absolute atomic E-state index is 0.199. The van der Waals surface area contributed by atoms with E-state index in [1.807, 2.05) is 12.1 Å². The number of thiophene rings is 1. The van der Waals surface area contributed by atoms with Gasteiger partial charge in [0.2, 0.25) is 0 Å². The molecule has 0 aliphatic rings. The molecule has 2 heterocycles. The minimum Gasteiger partial charge on any atom is -0.484 e. The van der Waals surface area contributed by atoms with Crippen LogP contribution in [0.4, 0.5) is 0 Å². The van der Waals surface area contributed by atoms with E-state index in [2.05, 4.69) is 26.3 Å². The number of nitrogens with zero attached hydrogens (tertiary/aromatic N) is 2. The molecular formula is C15H12BrN3O3S. The highest BCUT2D eigenvalue weighted by Crippen LogP contribution is 2.16. The second-order valence-electron chi connectivity index (χ2n) is 4.72. The van der Waals surface area contributed by atoms with E-state index in [0.29, 0.717) is 21.8 Å². The molecule has 3 aromatic rings. The number of benzene rings is 1. The van der Waals surface area contributed by atoms with Crippen LogP contribution in [0, 0.1) is 6.92 Å². The normalized spacial score (nSPS) is 10.7. The summed E-state index contributed by atoms with van der Waals surface area (Å²) in [6, 6.07) is 8.81. The molecule has 3 rings (SSSR count). The zero-order chi connectivity index (χ0) is 16.4. The Kier molecular flexibility index (Phi) is 4.44. The molecule has 8 heteroatoms. The summed E-state index contributed by atoms with van der Waals surface area (Å²) >= 11 is 4.71. The van der Waals surface area contributed by atoms with Gasteiger partial charge in [-0.05, 0) is 42.6 Å². The molecule has 118 valence electrons. The third-order valence-corrected chi connectivity index (χ3v) is 4.42.